The van der Waals surface area contributed by atoms with Crippen LogP contribution in [0.4, 0.5) is 0 Å². The van der Waals surface area contributed by atoms with E-state index >= 15 is 0 Å². The highest BCUT2D eigenvalue weighted by Gasteiger charge is 2.16. The van der Waals surface area contributed by atoms with Crippen LogP contribution in [0.25, 0.3) is 0 Å². The van der Waals surface area contributed by atoms with Gasteiger partial charge in [0, 0.05) is 12.6 Å². The minimum atomic E-state index is 0.263. The van der Waals surface area contributed by atoms with E-state index < -0.39 is 0 Å². The van der Waals surface area contributed by atoms with Gasteiger partial charge < -0.3 is 19.5 Å². The summed E-state index contributed by atoms with van der Waals surface area (Å²) in [5.41, 5.74) is 0. The molecule has 7 nitrogen and oxygen atoms in total. The third-order valence-electron chi connectivity index (χ3n) is 3.29. The Bertz CT molecular complexity index is 549. The molecule has 0 amide bonds. The summed E-state index contributed by atoms with van der Waals surface area (Å²) in [6.45, 7) is 8.97. The number of nitrogens with one attached hydrogen (secondary N) is 1. The Labute approximate surface area is 143 Å². The number of aliphatic imine (C=N–C) groups is 1. The smallest absolute Gasteiger partial charge is 0.208 e. The second-order valence-electron chi connectivity index (χ2n) is 5.83. The molecule has 0 unspecified atom stereocenters. The molecule has 0 fully saturated rings. The number of para-hydroxylation sites is 1. The van der Waals surface area contributed by atoms with E-state index in [0.29, 0.717) is 43.8 Å². The predicted octanol–water partition coefficient (Wildman–Crippen LogP) is 1.78. The van der Waals surface area contributed by atoms with Gasteiger partial charge in [0.15, 0.2) is 11.5 Å². The summed E-state index contributed by atoms with van der Waals surface area (Å²) in [5, 5.41) is 4.90. The molecule has 1 aliphatic rings. The molecule has 2 rings (SSSR count). The predicted molar refractivity (Wildman–Crippen MR) is 94.7 cm³/mol. The Kier molecular flexibility index (Phi) is 6.99. The van der Waals surface area contributed by atoms with Crippen LogP contribution in [-0.2, 0) is 0 Å². The molecule has 0 saturated heterocycles. The summed E-state index contributed by atoms with van der Waals surface area (Å²) in [6, 6.07) is 5.90. The van der Waals surface area contributed by atoms with E-state index in [0.717, 1.165) is 18.7 Å². The maximum atomic E-state index is 6.02. The quantitative estimate of drug-likeness (QED) is 0.260. The van der Waals surface area contributed by atoms with E-state index in [1.807, 2.05) is 18.2 Å². The lowest BCUT2D eigenvalue weighted by Gasteiger charge is -2.23. The topological polar surface area (TPSA) is 81.3 Å². The molecule has 7 heteroatoms. The lowest BCUT2D eigenvalue weighted by Crippen LogP contribution is -2.48. The Morgan fingerprint density at radius 2 is 2.17 bits per heavy atom. The minimum Gasteiger partial charge on any atom is -0.488 e. The van der Waals surface area contributed by atoms with E-state index in [2.05, 4.69) is 31.1 Å². The molecular formula is C17H28N4O3. The van der Waals surface area contributed by atoms with Gasteiger partial charge in [0.1, 0.15) is 19.8 Å². The molecule has 0 spiro atoms. The van der Waals surface area contributed by atoms with E-state index in [9.17, 15) is 0 Å². The molecule has 0 saturated carbocycles. The Balaban J connectivity index is 1.92. The molecule has 0 radical (unpaired) electrons. The van der Waals surface area contributed by atoms with Gasteiger partial charge in [-0.1, -0.05) is 13.0 Å². The van der Waals surface area contributed by atoms with Crippen LogP contribution in [0.5, 0.6) is 17.2 Å². The summed E-state index contributed by atoms with van der Waals surface area (Å²) >= 11 is 0. The monoisotopic (exact) mass is 336 g/mol. The fourth-order valence-corrected chi connectivity index (χ4v) is 2.29. The van der Waals surface area contributed by atoms with Crippen molar-refractivity contribution in [3.05, 3.63) is 18.2 Å². The van der Waals surface area contributed by atoms with Gasteiger partial charge in [-0.2, -0.15) is 0 Å². The van der Waals surface area contributed by atoms with Gasteiger partial charge in [-0.25, -0.2) is 10.8 Å². The highest BCUT2D eigenvalue weighted by molar-refractivity contribution is 5.79. The average molecular weight is 336 g/mol. The van der Waals surface area contributed by atoms with Crippen molar-refractivity contribution in [1.82, 2.24) is 10.3 Å². The minimum absolute atomic E-state index is 0.263. The van der Waals surface area contributed by atoms with E-state index in [4.69, 9.17) is 20.1 Å². The lowest BCUT2D eigenvalue weighted by molar-refractivity contribution is 0.162. The highest BCUT2D eigenvalue weighted by Crippen LogP contribution is 2.38. The van der Waals surface area contributed by atoms with E-state index in [1.54, 1.807) is 5.01 Å². The van der Waals surface area contributed by atoms with Crippen molar-refractivity contribution in [2.75, 3.05) is 32.9 Å². The van der Waals surface area contributed by atoms with Gasteiger partial charge >= 0.3 is 0 Å². The van der Waals surface area contributed by atoms with Gasteiger partial charge in [0.25, 0.3) is 0 Å². The normalized spacial score (nSPS) is 13.8. The van der Waals surface area contributed by atoms with Crippen molar-refractivity contribution >= 4 is 5.96 Å². The van der Waals surface area contributed by atoms with Gasteiger partial charge in [-0.3, -0.25) is 5.01 Å². The molecule has 1 aromatic carbocycles. The zero-order valence-electron chi connectivity index (χ0n) is 14.7. The first-order valence-corrected chi connectivity index (χ1v) is 8.46. The summed E-state index contributed by atoms with van der Waals surface area (Å²) in [6.07, 6.45) is 0.958. The number of rotatable bonds is 7. The van der Waals surface area contributed by atoms with Crippen LogP contribution in [0, 0.1) is 0 Å². The zero-order chi connectivity index (χ0) is 17.4. The standard InChI is InChI=1S/C17H28N4O3/c1-4-9-21(18)17(20-13(2)3)19-8-10-22-14-6-5-7-15-16(14)24-12-11-23-15/h5-7,13H,4,8-12,18H2,1-3H3,(H,19,20). The molecule has 134 valence electrons. The first-order valence-electron chi connectivity index (χ1n) is 8.46. The van der Waals surface area contributed by atoms with Crippen molar-refractivity contribution in [3.8, 4) is 17.2 Å². The largest absolute Gasteiger partial charge is 0.488 e. The lowest BCUT2D eigenvalue weighted by atomic mass is 10.3. The molecule has 1 heterocycles. The zero-order valence-corrected chi connectivity index (χ0v) is 14.7. The number of nitrogens with two attached hydrogens (primary N) is 1. The van der Waals surface area contributed by atoms with Crippen LogP contribution in [-0.4, -0.2) is 49.9 Å². The summed E-state index contributed by atoms with van der Waals surface area (Å²) < 4.78 is 17.0. The van der Waals surface area contributed by atoms with Crippen LogP contribution in [0.2, 0.25) is 0 Å². The highest BCUT2D eigenvalue weighted by atomic mass is 16.6. The number of nitrogens with zero attached hydrogens (tertiary/aromatic N) is 2. The molecule has 1 aliphatic heterocycles. The SMILES string of the molecule is CCCN(N)C(=NCCOc1cccc2c1OCCO2)NC(C)C. The molecule has 24 heavy (non-hydrogen) atoms. The molecule has 0 atom stereocenters. The Morgan fingerprint density at radius 1 is 1.38 bits per heavy atom. The first-order chi connectivity index (χ1) is 11.6. The molecule has 3 N–H and O–H groups in total. The van der Waals surface area contributed by atoms with Gasteiger partial charge in [-0.15, -0.1) is 0 Å². The third-order valence-corrected chi connectivity index (χ3v) is 3.29. The van der Waals surface area contributed by atoms with Crippen molar-refractivity contribution in [2.45, 2.75) is 33.2 Å². The number of hydrogen-bond donors (Lipinski definition) is 2. The van der Waals surface area contributed by atoms with Gasteiger partial charge in [0.05, 0.1) is 6.54 Å². The van der Waals surface area contributed by atoms with Crippen LogP contribution in [0.1, 0.15) is 27.2 Å². The van der Waals surface area contributed by atoms with Crippen molar-refractivity contribution in [2.24, 2.45) is 10.8 Å². The second-order valence-corrected chi connectivity index (χ2v) is 5.83. The van der Waals surface area contributed by atoms with Crippen molar-refractivity contribution < 1.29 is 14.2 Å². The van der Waals surface area contributed by atoms with E-state index in [-0.39, 0.29) is 6.04 Å². The molecule has 0 aliphatic carbocycles. The van der Waals surface area contributed by atoms with Crippen LogP contribution in [0.3, 0.4) is 0 Å². The second kappa shape index (κ2) is 9.22. The van der Waals surface area contributed by atoms with Gasteiger partial charge in [0.2, 0.25) is 11.7 Å². The first kappa shape index (κ1) is 18.2. The van der Waals surface area contributed by atoms with Crippen LogP contribution < -0.4 is 25.4 Å². The number of guanidine groups is 1. The fourth-order valence-electron chi connectivity index (χ4n) is 2.29. The molecule has 0 aromatic heterocycles. The molecule has 1 aromatic rings. The summed E-state index contributed by atoms with van der Waals surface area (Å²) in [7, 11) is 0. The van der Waals surface area contributed by atoms with Crippen molar-refractivity contribution in [3.63, 3.8) is 0 Å². The molecule has 0 bridgehead atoms. The number of fused-ring (bicyclic) bond motifs is 1. The third kappa shape index (κ3) is 5.19. The van der Waals surface area contributed by atoms with Gasteiger partial charge in [-0.05, 0) is 32.4 Å². The maximum Gasteiger partial charge on any atom is 0.208 e. The number of ether oxygens (including phenoxy) is 3. The fraction of sp³-hybridized carbons (Fsp3) is 0.588. The average Bonchev–Trinajstić information content (AvgIpc) is 2.57. The Morgan fingerprint density at radius 3 is 2.92 bits per heavy atom. The summed E-state index contributed by atoms with van der Waals surface area (Å²) in [4.78, 5) is 4.52. The van der Waals surface area contributed by atoms with E-state index in [1.165, 1.54) is 0 Å². The van der Waals surface area contributed by atoms with Crippen LogP contribution in [0.15, 0.2) is 23.2 Å². The van der Waals surface area contributed by atoms with Crippen molar-refractivity contribution in [1.29, 1.82) is 0 Å². The van der Waals surface area contributed by atoms with Crippen LogP contribution >= 0.6 is 0 Å². The maximum absolute atomic E-state index is 6.02. The molecular weight excluding hydrogens is 308 g/mol. The number of benzene rings is 1. The Hall–Kier alpha value is -2.15. The number of hydrogen-bond acceptors (Lipinski definition) is 5. The summed E-state index contributed by atoms with van der Waals surface area (Å²) in [5.74, 6) is 8.78. The number of hydrazine groups is 1.